The highest BCUT2D eigenvalue weighted by molar-refractivity contribution is 6.31. The molecular formula is C19H18ClF3N6O. The molecule has 1 aliphatic heterocycles. The van der Waals surface area contributed by atoms with Crippen LogP contribution in [0.3, 0.4) is 0 Å². The lowest BCUT2D eigenvalue weighted by molar-refractivity contribution is -0.140. The maximum Gasteiger partial charge on any atom is 0.433 e. The second-order valence-electron chi connectivity index (χ2n) is 7.15. The van der Waals surface area contributed by atoms with Gasteiger partial charge in [0, 0.05) is 42.1 Å². The predicted molar refractivity (Wildman–Crippen MR) is 106 cm³/mol. The Balaban J connectivity index is 1.67. The molecule has 2 amide bonds. The molecule has 0 saturated carbocycles. The number of likely N-dealkylation sites (tertiary alicyclic amines) is 1. The molecule has 0 atom stereocenters. The Kier molecular flexibility index (Phi) is 4.97. The molecule has 30 heavy (non-hydrogen) atoms. The third kappa shape index (κ3) is 3.62. The van der Waals surface area contributed by atoms with Gasteiger partial charge in [0.2, 0.25) is 0 Å². The highest BCUT2D eigenvalue weighted by atomic mass is 35.5. The summed E-state index contributed by atoms with van der Waals surface area (Å²) >= 11 is 6.06. The Hall–Kier alpha value is -3.01. The average Bonchev–Trinajstić information content (AvgIpc) is 3.21. The summed E-state index contributed by atoms with van der Waals surface area (Å²) in [4.78, 5) is 17.2. The number of halogens is 4. The molecule has 2 N–H and O–H groups in total. The number of carbonyl (C=O) groups is 1. The third-order valence-corrected chi connectivity index (χ3v) is 5.37. The van der Waals surface area contributed by atoms with E-state index in [-0.39, 0.29) is 23.8 Å². The van der Waals surface area contributed by atoms with Gasteiger partial charge in [0.25, 0.3) is 0 Å². The zero-order chi connectivity index (χ0) is 21.5. The van der Waals surface area contributed by atoms with E-state index in [0.29, 0.717) is 23.5 Å². The lowest BCUT2D eigenvalue weighted by Crippen LogP contribution is -2.68. The number of anilines is 1. The van der Waals surface area contributed by atoms with Crippen LogP contribution >= 0.6 is 11.6 Å². The molecule has 4 rings (SSSR count). The first-order valence-electron chi connectivity index (χ1n) is 9.10. The number of benzene rings is 1. The summed E-state index contributed by atoms with van der Waals surface area (Å²) < 4.78 is 41.8. The Morgan fingerprint density at radius 1 is 1.30 bits per heavy atom. The van der Waals surface area contributed by atoms with Crippen LogP contribution in [0, 0.1) is 0 Å². The maximum atomic E-state index is 13.3. The molecule has 1 fully saturated rings. The normalized spacial score (nSPS) is 15.7. The van der Waals surface area contributed by atoms with Crippen LogP contribution in [0.2, 0.25) is 5.02 Å². The molecule has 2 aromatic heterocycles. The van der Waals surface area contributed by atoms with Gasteiger partial charge in [0.05, 0.1) is 18.6 Å². The van der Waals surface area contributed by atoms with E-state index in [9.17, 15) is 18.0 Å². The van der Waals surface area contributed by atoms with E-state index in [1.54, 1.807) is 41.2 Å². The third-order valence-electron chi connectivity index (χ3n) is 5.13. The second kappa shape index (κ2) is 7.35. The molecule has 3 aromatic rings. The van der Waals surface area contributed by atoms with Gasteiger partial charge in [-0.1, -0.05) is 11.6 Å². The summed E-state index contributed by atoms with van der Waals surface area (Å²) in [5, 5.41) is 10.8. The first-order valence-corrected chi connectivity index (χ1v) is 9.48. The van der Waals surface area contributed by atoms with Crippen molar-refractivity contribution in [3.63, 3.8) is 0 Å². The summed E-state index contributed by atoms with van der Waals surface area (Å²) in [6, 6.07) is 7.04. The molecule has 0 aliphatic carbocycles. The molecule has 0 bridgehead atoms. The van der Waals surface area contributed by atoms with E-state index in [2.05, 4.69) is 20.7 Å². The topological polar surface area (TPSA) is 75.1 Å². The molecule has 1 aliphatic rings. The number of alkyl halides is 3. The van der Waals surface area contributed by atoms with Crippen molar-refractivity contribution in [3.05, 3.63) is 53.4 Å². The highest BCUT2D eigenvalue weighted by Crippen LogP contribution is 2.35. The molecule has 0 spiro atoms. The number of urea groups is 1. The Labute approximate surface area is 174 Å². The number of nitrogens with zero attached hydrogens (tertiary/aromatic N) is 4. The number of fused-ring (bicyclic) bond motifs is 1. The molecular weight excluding hydrogens is 421 g/mol. The Bertz CT molecular complexity index is 1080. The number of amides is 2. The largest absolute Gasteiger partial charge is 0.433 e. The van der Waals surface area contributed by atoms with Crippen molar-refractivity contribution < 1.29 is 18.0 Å². The van der Waals surface area contributed by atoms with Gasteiger partial charge in [0.15, 0.2) is 0 Å². The number of carbonyl (C=O) groups excluding carboxylic acids is 1. The van der Waals surface area contributed by atoms with Gasteiger partial charge >= 0.3 is 12.2 Å². The standard InChI is InChI=1S/C19H18ClF3N6O/c1-24-17(30)28-10-18(11-28,29-6-2-5-26-29)9-25-15-8-16(19(21,22)23)27-14-4-3-12(20)7-13(14)15/h2-8H,9-11H2,1H3,(H,24,30)(H,25,27). The van der Waals surface area contributed by atoms with Gasteiger partial charge in [-0.25, -0.2) is 9.78 Å². The van der Waals surface area contributed by atoms with Gasteiger partial charge in [-0.05, 0) is 30.3 Å². The van der Waals surface area contributed by atoms with E-state index >= 15 is 0 Å². The molecule has 7 nitrogen and oxygen atoms in total. The van der Waals surface area contributed by atoms with Crippen molar-refractivity contribution in [2.45, 2.75) is 11.7 Å². The fraction of sp³-hybridized carbons (Fsp3) is 0.316. The molecule has 3 heterocycles. The fourth-order valence-electron chi connectivity index (χ4n) is 3.60. The summed E-state index contributed by atoms with van der Waals surface area (Å²) in [6.07, 6.45) is -1.20. The lowest BCUT2D eigenvalue weighted by Gasteiger charge is -2.49. The summed E-state index contributed by atoms with van der Waals surface area (Å²) in [5.41, 5.74) is -1.14. The van der Waals surface area contributed by atoms with Crippen LogP contribution in [0.15, 0.2) is 42.7 Å². The predicted octanol–water partition coefficient (Wildman–Crippen LogP) is 3.57. The second-order valence-corrected chi connectivity index (χ2v) is 7.59. The van der Waals surface area contributed by atoms with E-state index in [1.165, 1.54) is 12.1 Å². The molecule has 1 aromatic carbocycles. The Morgan fingerprint density at radius 2 is 2.07 bits per heavy atom. The number of hydrogen-bond acceptors (Lipinski definition) is 4. The van der Waals surface area contributed by atoms with E-state index < -0.39 is 17.4 Å². The van der Waals surface area contributed by atoms with Gasteiger partial charge < -0.3 is 15.5 Å². The van der Waals surface area contributed by atoms with Crippen molar-refractivity contribution in [2.24, 2.45) is 0 Å². The summed E-state index contributed by atoms with van der Waals surface area (Å²) in [6.45, 7) is 0.972. The maximum absolute atomic E-state index is 13.3. The van der Waals surface area contributed by atoms with Crippen LogP contribution in [0.4, 0.5) is 23.7 Å². The summed E-state index contributed by atoms with van der Waals surface area (Å²) in [5.74, 6) is 0. The van der Waals surface area contributed by atoms with Crippen molar-refractivity contribution in [3.8, 4) is 0 Å². The molecule has 158 valence electrons. The van der Waals surface area contributed by atoms with Crippen molar-refractivity contribution in [2.75, 3.05) is 32.0 Å². The number of pyridine rings is 1. The number of hydrogen-bond donors (Lipinski definition) is 2. The van der Waals surface area contributed by atoms with Crippen LogP contribution in [0.1, 0.15) is 5.69 Å². The number of rotatable bonds is 4. The lowest BCUT2D eigenvalue weighted by atomic mass is 9.89. The zero-order valence-corrected chi connectivity index (χ0v) is 16.6. The summed E-state index contributed by atoms with van der Waals surface area (Å²) in [7, 11) is 1.54. The molecule has 1 saturated heterocycles. The van der Waals surface area contributed by atoms with Gasteiger partial charge in [0.1, 0.15) is 11.2 Å². The number of nitrogens with one attached hydrogen (secondary N) is 2. The molecule has 0 radical (unpaired) electrons. The van der Waals surface area contributed by atoms with E-state index in [0.717, 1.165) is 6.07 Å². The SMILES string of the molecule is CNC(=O)N1CC(CNc2cc(C(F)(F)F)nc3ccc(Cl)cc23)(n2cccn2)C1. The minimum absolute atomic E-state index is 0.186. The van der Waals surface area contributed by atoms with Gasteiger partial charge in [-0.15, -0.1) is 0 Å². The first kappa shape index (κ1) is 20.3. The Morgan fingerprint density at radius 3 is 2.70 bits per heavy atom. The minimum atomic E-state index is -4.59. The fourth-order valence-corrected chi connectivity index (χ4v) is 3.77. The monoisotopic (exact) mass is 438 g/mol. The van der Waals surface area contributed by atoms with Crippen LogP contribution in [-0.2, 0) is 11.7 Å². The van der Waals surface area contributed by atoms with Crippen molar-refractivity contribution in [1.82, 2.24) is 25.0 Å². The molecule has 0 unspecified atom stereocenters. The van der Waals surface area contributed by atoms with Crippen LogP contribution in [0.25, 0.3) is 10.9 Å². The van der Waals surface area contributed by atoms with E-state index in [1.807, 2.05) is 0 Å². The first-order chi connectivity index (χ1) is 14.2. The average molecular weight is 439 g/mol. The quantitative estimate of drug-likeness (QED) is 0.653. The van der Waals surface area contributed by atoms with Crippen LogP contribution in [-0.4, -0.2) is 52.4 Å². The van der Waals surface area contributed by atoms with Gasteiger partial charge in [-0.2, -0.15) is 18.3 Å². The minimum Gasteiger partial charge on any atom is -0.382 e. The molecule has 11 heteroatoms. The van der Waals surface area contributed by atoms with Gasteiger partial charge in [-0.3, -0.25) is 4.68 Å². The van der Waals surface area contributed by atoms with Crippen LogP contribution in [0.5, 0.6) is 0 Å². The van der Waals surface area contributed by atoms with Crippen molar-refractivity contribution in [1.29, 1.82) is 0 Å². The van der Waals surface area contributed by atoms with Crippen molar-refractivity contribution >= 4 is 34.2 Å². The highest BCUT2D eigenvalue weighted by Gasteiger charge is 2.47. The smallest absolute Gasteiger partial charge is 0.382 e. The van der Waals surface area contributed by atoms with E-state index in [4.69, 9.17) is 11.6 Å². The zero-order valence-electron chi connectivity index (χ0n) is 15.9. The van der Waals surface area contributed by atoms with Crippen LogP contribution < -0.4 is 10.6 Å². The number of aromatic nitrogens is 3.